The van der Waals surface area contributed by atoms with E-state index in [1.54, 1.807) is 18.2 Å². The molecule has 9 heteroatoms. The molecule has 1 aromatic carbocycles. The van der Waals surface area contributed by atoms with Crippen molar-refractivity contribution >= 4 is 17.6 Å². The van der Waals surface area contributed by atoms with Crippen molar-refractivity contribution in [1.29, 1.82) is 0 Å². The number of ether oxygens (including phenoxy) is 1. The number of carbonyl (C=O) groups is 2. The lowest BCUT2D eigenvalue weighted by Gasteiger charge is -2.19. The predicted molar refractivity (Wildman–Crippen MR) is 82.6 cm³/mol. The average molecular weight is 356 g/mol. The second-order valence-electron chi connectivity index (χ2n) is 5.02. The van der Waals surface area contributed by atoms with Gasteiger partial charge in [-0.15, -0.1) is 0 Å². The molecular weight excluding hydrogens is 341 g/mol. The maximum atomic E-state index is 13.5. The maximum absolute atomic E-state index is 13.5. The molecular formula is C16H15F3N2O4. The van der Waals surface area contributed by atoms with E-state index in [-0.39, 0.29) is 12.2 Å². The molecule has 0 bridgehead atoms. The zero-order chi connectivity index (χ0) is 18.8. The summed E-state index contributed by atoms with van der Waals surface area (Å²) in [7, 11) is 1.07. The third kappa shape index (κ3) is 3.59. The number of aromatic nitrogens is 1. The lowest BCUT2D eigenvalue weighted by Crippen LogP contribution is -2.28. The summed E-state index contributed by atoms with van der Waals surface area (Å²) < 4.78 is 45.0. The fraction of sp³-hybridized carbons (Fsp3) is 0.250. The van der Waals surface area contributed by atoms with Gasteiger partial charge in [-0.05, 0) is 19.1 Å². The number of hydrogen-bond acceptors (Lipinski definition) is 4. The van der Waals surface area contributed by atoms with E-state index < -0.39 is 40.9 Å². The van der Waals surface area contributed by atoms with Gasteiger partial charge in [-0.3, -0.25) is 4.79 Å². The Morgan fingerprint density at radius 3 is 2.36 bits per heavy atom. The number of nitrogens with one attached hydrogen (secondary N) is 1. The van der Waals surface area contributed by atoms with Crippen molar-refractivity contribution in [3.05, 3.63) is 47.2 Å². The van der Waals surface area contributed by atoms with Gasteiger partial charge in [0.1, 0.15) is 16.9 Å². The van der Waals surface area contributed by atoms with Crippen LogP contribution in [0.5, 0.6) is 5.88 Å². The SMILES string of the molecule is CCOC(=O)c1[nH]c(O)c(N(C)C(=O)c2ccccc2)c1C(F)(F)F. The molecule has 1 heterocycles. The van der Waals surface area contributed by atoms with Gasteiger partial charge in [-0.25, -0.2) is 4.79 Å². The molecule has 0 unspecified atom stereocenters. The van der Waals surface area contributed by atoms with Crippen LogP contribution in [0.25, 0.3) is 0 Å². The standard InChI is InChI=1S/C16H15F3N2O4/c1-3-25-15(24)11-10(16(17,18)19)12(13(22)20-11)21(2)14(23)9-7-5-4-6-8-9/h4-8,20,22H,3H2,1-2H3. The quantitative estimate of drug-likeness (QED) is 0.825. The average Bonchev–Trinajstić information content (AvgIpc) is 2.92. The highest BCUT2D eigenvalue weighted by molar-refractivity contribution is 6.08. The minimum absolute atomic E-state index is 0.122. The van der Waals surface area contributed by atoms with Crippen molar-refractivity contribution < 1.29 is 32.6 Å². The Morgan fingerprint density at radius 1 is 1.24 bits per heavy atom. The molecule has 2 rings (SSSR count). The number of rotatable bonds is 4. The Kier molecular flexibility index (Phi) is 5.05. The summed E-state index contributed by atoms with van der Waals surface area (Å²) in [6.07, 6.45) is -5.00. The van der Waals surface area contributed by atoms with Crippen LogP contribution in [-0.2, 0) is 10.9 Å². The van der Waals surface area contributed by atoms with Crippen molar-refractivity contribution in [2.45, 2.75) is 13.1 Å². The zero-order valence-electron chi connectivity index (χ0n) is 13.3. The first-order chi connectivity index (χ1) is 11.7. The number of anilines is 1. The molecule has 0 aliphatic carbocycles. The van der Waals surface area contributed by atoms with Gasteiger partial charge in [0, 0.05) is 12.6 Å². The molecule has 0 saturated heterocycles. The highest BCUT2D eigenvalue weighted by Gasteiger charge is 2.44. The number of halogens is 3. The molecule has 0 aliphatic heterocycles. The van der Waals surface area contributed by atoms with Crippen molar-refractivity contribution in [3.63, 3.8) is 0 Å². The summed E-state index contributed by atoms with van der Waals surface area (Å²) >= 11 is 0. The number of amides is 1. The van der Waals surface area contributed by atoms with Gasteiger partial charge in [0.05, 0.1) is 6.61 Å². The molecule has 134 valence electrons. The first kappa shape index (κ1) is 18.4. The largest absolute Gasteiger partial charge is 0.493 e. The van der Waals surface area contributed by atoms with Crippen LogP contribution in [0.4, 0.5) is 18.9 Å². The van der Waals surface area contributed by atoms with Crippen molar-refractivity contribution in [2.24, 2.45) is 0 Å². The molecule has 2 aromatic rings. The number of aromatic amines is 1. The van der Waals surface area contributed by atoms with Crippen LogP contribution in [0.2, 0.25) is 0 Å². The Balaban J connectivity index is 2.57. The number of H-pyrrole nitrogens is 1. The Bertz CT molecular complexity index is 785. The highest BCUT2D eigenvalue weighted by Crippen LogP contribution is 2.44. The third-order valence-electron chi connectivity index (χ3n) is 3.38. The number of alkyl halides is 3. The van der Waals surface area contributed by atoms with Gasteiger partial charge in [0.25, 0.3) is 5.91 Å². The molecule has 1 amide bonds. The van der Waals surface area contributed by atoms with E-state index in [2.05, 4.69) is 4.74 Å². The fourth-order valence-corrected chi connectivity index (χ4v) is 2.31. The lowest BCUT2D eigenvalue weighted by atomic mass is 10.1. The number of benzene rings is 1. The number of aromatic hydroxyl groups is 1. The monoisotopic (exact) mass is 356 g/mol. The number of carbonyl (C=O) groups excluding carboxylic acids is 2. The molecule has 0 radical (unpaired) electrons. The van der Waals surface area contributed by atoms with Crippen LogP contribution in [0.1, 0.15) is 33.3 Å². The van der Waals surface area contributed by atoms with Crippen LogP contribution in [0.15, 0.2) is 30.3 Å². The summed E-state index contributed by atoms with van der Waals surface area (Å²) in [4.78, 5) is 26.8. The second kappa shape index (κ2) is 6.88. The van der Waals surface area contributed by atoms with E-state index in [9.17, 15) is 27.9 Å². The Morgan fingerprint density at radius 2 is 1.84 bits per heavy atom. The van der Waals surface area contributed by atoms with Crippen LogP contribution < -0.4 is 4.90 Å². The van der Waals surface area contributed by atoms with Crippen molar-refractivity contribution in [2.75, 3.05) is 18.6 Å². The molecule has 0 saturated carbocycles. The van der Waals surface area contributed by atoms with Crippen LogP contribution in [-0.4, -0.2) is 35.6 Å². The number of nitrogens with zero attached hydrogens (tertiary/aromatic N) is 1. The van der Waals surface area contributed by atoms with E-state index in [1.807, 2.05) is 4.98 Å². The van der Waals surface area contributed by atoms with Crippen LogP contribution >= 0.6 is 0 Å². The summed E-state index contributed by atoms with van der Waals surface area (Å²) in [6.45, 7) is 1.28. The zero-order valence-corrected chi connectivity index (χ0v) is 13.3. The van der Waals surface area contributed by atoms with Gasteiger partial charge < -0.3 is 19.7 Å². The van der Waals surface area contributed by atoms with E-state index >= 15 is 0 Å². The van der Waals surface area contributed by atoms with E-state index in [0.717, 1.165) is 7.05 Å². The van der Waals surface area contributed by atoms with Gasteiger partial charge in [0.2, 0.25) is 5.88 Å². The second-order valence-corrected chi connectivity index (χ2v) is 5.02. The van der Waals surface area contributed by atoms with E-state index in [1.165, 1.54) is 19.1 Å². The molecule has 1 aromatic heterocycles. The minimum atomic E-state index is -5.00. The van der Waals surface area contributed by atoms with Crippen LogP contribution in [0.3, 0.4) is 0 Å². The minimum Gasteiger partial charge on any atom is -0.493 e. The van der Waals surface area contributed by atoms with E-state index in [4.69, 9.17) is 0 Å². The van der Waals surface area contributed by atoms with Gasteiger partial charge >= 0.3 is 12.1 Å². The molecule has 0 aliphatic rings. The highest BCUT2D eigenvalue weighted by atomic mass is 19.4. The van der Waals surface area contributed by atoms with Crippen molar-refractivity contribution in [1.82, 2.24) is 4.98 Å². The molecule has 0 fully saturated rings. The Labute approximate surface area is 140 Å². The third-order valence-corrected chi connectivity index (χ3v) is 3.38. The number of hydrogen-bond donors (Lipinski definition) is 2. The molecule has 2 N–H and O–H groups in total. The summed E-state index contributed by atoms with van der Waals surface area (Å²) in [5.41, 5.74) is -3.15. The Hall–Kier alpha value is -2.97. The molecule has 25 heavy (non-hydrogen) atoms. The summed E-state index contributed by atoms with van der Waals surface area (Å²) in [6, 6.07) is 7.58. The smallest absolute Gasteiger partial charge is 0.420 e. The summed E-state index contributed by atoms with van der Waals surface area (Å²) in [5.74, 6) is -3.02. The van der Waals surface area contributed by atoms with Gasteiger partial charge in [0.15, 0.2) is 0 Å². The summed E-state index contributed by atoms with van der Waals surface area (Å²) in [5, 5.41) is 9.90. The van der Waals surface area contributed by atoms with Gasteiger partial charge in [-0.2, -0.15) is 13.2 Å². The lowest BCUT2D eigenvalue weighted by molar-refractivity contribution is -0.137. The topological polar surface area (TPSA) is 82.6 Å². The predicted octanol–water partition coefficient (Wildman–Crippen LogP) is 3.19. The van der Waals surface area contributed by atoms with Crippen molar-refractivity contribution in [3.8, 4) is 5.88 Å². The first-order valence-electron chi connectivity index (χ1n) is 7.20. The van der Waals surface area contributed by atoms with Gasteiger partial charge in [-0.1, -0.05) is 18.2 Å². The fourth-order valence-electron chi connectivity index (χ4n) is 2.31. The first-order valence-corrected chi connectivity index (χ1v) is 7.20. The normalized spacial score (nSPS) is 11.2. The molecule has 6 nitrogen and oxygen atoms in total. The molecule has 0 spiro atoms. The van der Waals surface area contributed by atoms with E-state index in [0.29, 0.717) is 4.90 Å². The number of esters is 1. The maximum Gasteiger partial charge on any atom is 0.420 e. The van der Waals surface area contributed by atoms with Crippen LogP contribution in [0, 0.1) is 0 Å². The molecule has 0 atom stereocenters.